The number of aromatic nitrogens is 2. The minimum Gasteiger partial charge on any atom is -0.341 e. The Hall–Kier alpha value is -3.81. The van der Waals surface area contributed by atoms with Gasteiger partial charge in [-0.25, -0.2) is 4.39 Å². The Morgan fingerprint density at radius 1 is 1.00 bits per heavy atom. The molecular weight excluding hydrogens is 481 g/mol. The van der Waals surface area contributed by atoms with Gasteiger partial charge in [0.05, 0.1) is 11.8 Å². The predicted octanol–water partition coefficient (Wildman–Crippen LogP) is 4.27. The number of nitrogens with zero attached hydrogens (tertiary/aromatic N) is 5. The molecule has 0 atom stereocenters. The lowest BCUT2D eigenvalue weighted by Gasteiger charge is -2.42. The fourth-order valence-electron chi connectivity index (χ4n) is 5.67. The molecule has 2 aliphatic heterocycles. The van der Waals surface area contributed by atoms with Crippen LogP contribution >= 0.6 is 0 Å². The van der Waals surface area contributed by atoms with Crippen molar-refractivity contribution in [2.45, 2.75) is 38.1 Å². The predicted molar refractivity (Wildman–Crippen MR) is 142 cm³/mol. The lowest BCUT2D eigenvalue weighted by atomic mass is 9.95. The van der Waals surface area contributed by atoms with E-state index in [4.69, 9.17) is 4.99 Å². The maximum absolute atomic E-state index is 15.6. The van der Waals surface area contributed by atoms with Gasteiger partial charge in [0.25, 0.3) is 5.91 Å². The minimum atomic E-state index is -0.705. The van der Waals surface area contributed by atoms with Gasteiger partial charge in [-0.05, 0) is 54.5 Å². The molecule has 7 nitrogen and oxygen atoms in total. The zero-order chi connectivity index (χ0) is 26.2. The summed E-state index contributed by atoms with van der Waals surface area (Å²) in [5, 5.41) is 4.22. The molecular formula is C30H30FN5O2. The van der Waals surface area contributed by atoms with Crippen LogP contribution in [0.4, 0.5) is 4.39 Å². The first-order chi connectivity index (χ1) is 18.2. The molecule has 1 spiro atoms. The summed E-state index contributed by atoms with van der Waals surface area (Å²) in [6.07, 6.45) is 7.11. The first kappa shape index (κ1) is 23.3. The Balaban J connectivity index is 1.10. The Morgan fingerprint density at radius 3 is 2.24 bits per heavy atom. The quantitative estimate of drug-likeness (QED) is 0.496. The van der Waals surface area contributed by atoms with E-state index in [2.05, 4.69) is 5.10 Å². The number of hydrogen-bond acceptors (Lipinski definition) is 4. The Bertz CT molecular complexity index is 1490. The summed E-state index contributed by atoms with van der Waals surface area (Å²) < 4.78 is 17.3. The molecule has 3 fully saturated rings. The van der Waals surface area contributed by atoms with Gasteiger partial charge in [-0.2, -0.15) is 5.10 Å². The average Bonchev–Trinajstić information content (AvgIpc) is 3.77. The fraction of sp³-hybridized carbons (Fsp3) is 0.400. The minimum absolute atomic E-state index is 0.0269. The number of aryl methyl sites for hydroxylation is 1. The highest BCUT2D eigenvalue weighted by Crippen LogP contribution is 2.48. The van der Waals surface area contributed by atoms with Gasteiger partial charge in [0.15, 0.2) is 0 Å². The summed E-state index contributed by atoms with van der Waals surface area (Å²) in [6.45, 7) is 3.79. The van der Waals surface area contributed by atoms with E-state index in [1.165, 1.54) is 6.07 Å². The smallest absolute Gasteiger partial charge is 0.256 e. The molecule has 0 bridgehead atoms. The van der Waals surface area contributed by atoms with Gasteiger partial charge < -0.3 is 4.90 Å². The lowest BCUT2D eigenvalue weighted by Crippen LogP contribution is -2.56. The Morgan fingerprint density at radius 2 is 1.66 bits per heavy atom. The summed E-state index contributed by atoms with van der Waals surface area (Å²) in [5.74, 6) is 0.428. The van der Waals surface area contributed by atoms with Crippen molar-refractivity contribution in [2.75, 3.05) is 19.6 Å². The van der Waals surface area contributed by atoms with Crippen LogP contribution in [0.2, 0.25) is 0 Å². The molecule has 0 N–H and O–H groups in total. The monoisotopic (exact) mass is 511 g/mol. The Kier molecular flexibility index (Phi) is 4.97. The van der Waals surface area contributed by atoms with Crippen LogP contribution in [-0.2, 0) is 16.6 Å². The number of halogens is 1. The lowest BCUT2D eigenvalue weighted by molar-refractivity contribution is -0.143. The third kappa shape index (κ3) is 3.77. The third-order valence-corrected chi connectivity index (χ3v) is 8.61. The normalized spacial score (nSPS) is 21.0. The summed E-state index contributed by atoms with van der Waals surface area (Å²) in [7, 11) is 1.88. The van der Waals surface area contributed by atoms with E-state index >= 15 is 4.39 Å². The molecule has 3 aromatic rings. The molecule has 1 saturated heterocycles. The van der Waals surface area contributed by atoms with Crippen LogP contribution in [0.15, 0.2) is 59.9 Å². The fourth-order valence-corrected chi connectivity index (χ4v) is 5.67. The number of benzene rings is 2. The number of likely N-dealkylation sites (tertiary alicyclic amines) is 1. The van der Waals surface area contributed by atoms with Gasteiger partial charge >= 0.3 is 0 Å². The molecule has 2 aliphatic carbocycles. The molecule has 8 heteroatoms. The Labute approximate surface area is 221 Å². The first-order valence-corrected chi connectivity index (χ1v) is 13.4. The highest BCUT2D eigenvalue weighted by molar-refractivity contribution is 6.16. The van der Waals surface area contributed by atoms with Gasteiger partial charge in [-0.3, -0.25) is 24.2 Å². The summed E-state index contributed by atoms with van der Waals surface area (Å²) in [4.78, 5) is 34.2. The van der Waals surface area contributed by atoms with E-state index in [1.807, 2.05) is 61.6 Å². The van der Waals surface area contributed by atoms with E-state index in [0.717, 1.165) is 35.1 Å². The van der Waals surface area contributed by atoms with Gasteiger partial charge in [-0.1, -0.05) is 37.3 Å². The number of aliphatic imine (C=N–C) groups is 1. The molecule has 2 amide bonds. The van der Waals surface area contributed by atoms with Gasteiger partial charge in [-0.15, -0.1) is 0 Å². The van der Waals surface area contributed by atoms with Crippen LogP contribution in [0.5, 0.6) is 0 Å². The number of hydrogen-bond donors (Lipinski definition) is 0. The van der Waals surface area contributed by atoms with Crippen molar-refractivity contribution in [1.29, 1.82) is 0 Å². The largest absolute Gasteiger partial charge is 0.341 e. The molecule has 1 aromatic heterocycles. The maximum atomic E-state index is 15.6. The van der Waals surface area contributed by atoms with Gasteiger partial charge in [0, 0.05) is 49.8 Å². The highest BCUT2D eigenvalue weighted by atomic mass is 19.1. The first-order valence-electron chi connectivity index (χ1n) is 13.4. The number of carbonyl (C=O) groups excluding carboxylic acids is 2. The van der Waals surface area contributed by atoms with Crippen molar-refractivity contribution in [1.82, 2.24) is 19.6 Å². The van der Waals surface area contributed by atoms with Crippen molar-refractivity contribution in [3.05, 3.63) is 66.2 Å². The molecule has 2 saturated carbocycles. The molecule has 3 heterocycles. The molecule has 38 heavy (non-hydrogen) atoms. The SMILES string of the molecule is Cn1cc(-c2ccc(-c3ccc(C4=NC5(CC5)C(=O)N4CC4CN(C(=O)C5(C)CC5)C4)c(F)c3)cc2)cn1. The van der Waals surface area contributed by atoms with Crippen molar-refractivity contribution in [3.63, 3.8) is 0 Å². The summed E-state index contributed by atoms with van der Waals surface area (Å²) in [6, 6.07) is 13.1. The van der Waals surface area contributed by atoms with Crippen LogP contribution < -0.4 is 0 Å². The number of amides is 2. The third-order valence-electron chi connectivity index (χ3n) is 8.61. The van der Waals surface area contributed by atoms with Crippen molar-refractivity contribution < 1.29 is 14.0 Å². The highest BCUT2D eigenvalue weighted by Gasteiger charge is 2.58. The van der Waals surface area contributed by atoms with Crippen molar-refractivity contribution >= 4 is 17.6 Å². The van der Waals surface area contributed by atoms with Crippen LogP contribution in [0.1, 0.15) is 38.2 Å². The second-order valence-corrected chi connectivity index (χ2v) is 11.7. The van der Waals surface area contributed by atoms with E-state index in [0.29, 0.717) is 43.9 Å². The second-order valence-electron chi connectivity index (χ2n) is 11.7. The second kappa shape index (κ2) is 8.09. The summed E-state index contributed by atoms with van der Waals surface area (Å²) in [5.41, 5.74) is 3.22. The number of rotatable bonds is 6. The molecule has 7 rings (SSSR count). The maximum Gasteiger partial charge on any atom is 0.256 e. The van der Waals surface area contributed by atoms with E-state index in [1.54, 1.807) is 15.6 Å². The number of carbonyl (C=O) groups is 2. The van der Waals surface area contributed by atoms with E-state index in [-0.39, 0.29) is 29.0 Å². The van der Waals surface area contributed by atoms with E-state index in [9.17, 15) is 9.59 Å². The van der Waals surface area contributed by atoms with Crippen molar-refractivity contribution in [2.24, 2.45) is 23.4 Å². The van der Waals surface area contributed by atoms with E-state index < -0.39 is 5.54 Å². The van der Waals surface area contributed by atoms with Crippen LogP contribution in [-0.4, -0.2) is 62.4 Å². The molecule has 194 valence electrons. The topological polar surface area (TPSA) is 70.8 Å². The van der Waals surface area contributed by atoms with Crippen LogP contribution in [0, 0.1) is 17.2 Å². The number of amidine groups is 1. The molecule has 2 aromatic carbocycles. The standard InChI is InChI=1S/C30H30FN5O2/c1-29(9-10-29)27(37)35-15-19(16-35)17-36-26(33-30(11-12-30)28(36)38)24-8-7-22(13-25(24)31)20-3-5-21(6-4-20)23-14-32-34(2)18-23/h3-8,13-14,18-19H,9-12,15-17H2,1-2H3. The van der Waals surface area contributed by atoms with Crippen LogP contribution in [0.25, 0.3) is 22.3 Å². The zero-order valence-corrected chi connectivity index (χ0v) is 21.7. The molecule has 0 radical (unpaired) electrons. The zero-order valence-electron chi connectivity index (χ0n) is 21.7. The summed E-state index contributed by atoms with van der Waals surface area (Å²) >= 11 is 0. The molecule has 0 unspecified atom stereocenters. The van der Waals surface area contributed by atoms with Gasteiger partial charge in [0.1, 0.15) is 17.2 Å². The average molecular weight is 512 g/mol. The molecule has 4 aliphatic rings. The van der Waals surface area contributed by atoms with Gasteiger partial charge in [0.2, 0.25) is 5.91 Å². The van der Waals surface area contributed by atoms with Crippen molar-refractivity contribution in [3.8, 4) is 22.3 Å². The van der Waals surface area contributed by atoms with Crippen LogP contribution in [0.3, 0.4) is 0 Å².